The van der Waals surface area contributed by atoms with Gasteiger partial charge in [0.15, 0.2) is 5.78 Å². The molecule has 1 aliphatic rings. The van der Waals surface area contributed by atoms with Crippen molar-refractivity contribution < 1.29 is 18.7 Å². The number of thiazole rings is 1. The second-order valence-electron chi connectivity index (χ2n) is 5.40. The molecule has 0 aliphatic carbocycles. The smallest absolute Gasteiger partial charge is 0.188 e. The Morgan fingerprint density at radius 1 is 1.48 bits per heavy atom. The van der Waals surface area contributed by atoms with Crippen LogP contribution in [0, 0.1) is 6.92 Å². The van der Waals surface area contributed by atoms with Gasteiger partial charge in [0, 0.05) is 29.6 Å². The largest absolute Gasteiger partial charge is 0.488 e. The molecule has 0 bridgehead atoms. The first-order valence-electron chi connectivity index (χ1n) is 7.39. The molecular formula is C16H17FN2O3S. The number of alkyl halides is 1. The van der Waals surface area contributed by atoms with Crippen LogP contribution in [0.2, 0.25) is 0 Å². The van der Waals surface area contributed by atoms with Gasteiger partial charge < -0.3 is 9.47 Å². The predicted molar refractivity (Wildman–Crippen MR) is 83.8 cm³/mol. The lowest BCUT2D eigenvalue weighted by Crippen LogP contribution is -2.16. The number of aryl methyl sites for hydroxylation is 1. The van der Waals surface area contributed by atoms with Crippen molar-refractivity contribution in [1.82, 2.24) is 9.97 Å². The lowest BCUT2D eigenvalue weighted by atomic mass is 10.2. The van der Waals surface area contributed by atoms with Gasteiger partial charge in [-0.05, 0) is 6.92 Å². The van der Waals surface area contributed by atoms with Gasteiger partial charge in [0.1, 0.15) is 29.2 Å². The van der Waals surface area contributed by atoms with Gasteiger partial charge in [-0.2, -0.15) is 0 Å². The summed E-state index contributed by atoms with van der Waals surface area (Å²) in [5, 5.41) is 2.22. The summed E-state index contributed by atoms with van der Waals surface area (Å²) < 4.78 is 23.6. The van der Waals surface area contributed by atoms with E-state index in [2.05, 4.69) is 9.97 Å². The highest BCUT2D eigenvalue weighted by Crippen LogP contribution is 2.20. The number of rotatable bonds is 6. The summed E-state index contributed by atoms with van der Waals surface area (Å²) in [4.78, 5) is 20.7. The third kappa shape index (κ3) is 4.11. The highest BCUT2D eigenvalue weighted by Gasteiger charge is 2.19. The molecule has 3 rings (SSSR count). The van der Waals surface area contributed by atoms with E-state index < -0.39 is 6.67 Å². The molecule has 2 aromatic rings. The van der Waals surface area contributed by atoms with Crippen molar-refractivity contribution >= 4 is 17.1 Å². The second kappa shape index (κ2) is 7.14. The van der Waals surface area contributed by atoms with Crippen LogP contribution in [0.5, 0.6) is 5.75 Å². The zero-order valence-corrected chi connectivity index (χ0v) is 13.6. The summed E-state index contributed by atoms with van der Waals surface area (Å²) in [6, 6.07) is 3.46. The Hall–Kier alpha value is -1.86. The number of carbonyl (C=O) groups excluding carboxylic acids is 1. The van der Waals surface area contributed by atoms with E-state index in [1.807, 2.05) is 6.92 Å². The summed E-state index contributed by atoms with van der Waals surface area (Å²) in [7, 11) is 0. The zero-order chi connectivity index (χ0) is 16.2. The van der Waals surface area contributed by atoms with Crippen molar-refractivity contribution in [3.8, 4) is 5.75 Å². The molecule has 0 amide bonds. The van der Waals surface area contributed by atoms with Crippen LogP contribution in [0.4, 0.5) is 4.39 Å². The van der Waals surface area contributed by atoms with Gasteiger partial charge >= 0.3 is 0 Å². The minimum atomic E-state index is -0.616. The van der Waals surface area contributed by atoms with Crippen molar-refractivity contribution in [3.05, 3.63) is 39.6 Å². The SMILES string of the molecule is Cc1cc(O[C@@H]2CCOC2)cc(C(=O)Cc2nc(CF)cs2)n1. The molecule has 0 saturated carbocycles. The van der Waals surface area contributed by atoms with Gasteiger partial charge in [0.2, 0.25) is 0 Å². The van der Waals surface area contributed by atoms with Crippen LogP contribution in [0.1, 0.15) is 33.3 Å². The Labute approximate surface area is 137 Å². The molecule has 0 N–H and O–H groups in total. The topological polar surface area (TPSA) is 61.3 Å². The number of ketones is 1. The Bertz CT molecular complexity index is 698. The van der Waals surface area contributed by atoms with Gasteiger partial charge in [-0.1, -0.05) is 0 Å². The van der Waals surface area contributed by atoms with Crippen LogP contribution in [0.15, 0.2) is 17.5 Å². The first-order chi connectivity index (χ1) is 11.1. The molecule has 7 heteroatoms. The van der Waals surface area contributed by atoms with E-state index in [4.69, 9.17) is 9.47 Å². The maximum absolute atomic E-state index is 12.5. The molecule has 0 aromatic carbocycles. The molecule has 1 saturated heterocycles. The number of ether oxygens (including phenoxy) is 2. The summed E-state index contributed by atoms with van der Waals surface area (Å²) in [6.07, 6.45) is 0.980. The number of hydrogen-bond donors (Lipinski definition) is 0. The summed E-state index contributed by atoms with van der Waals surface area (Å²) in [5.74, 6) is 0.473. The average molecular weight is 336 g/mol. The van der Waals surface area contributed by atoms with Crippen molar-refractivity contribution in [2.45, 2.75) is 32.5 Å². The van der Waals surface area contributed by atoms with Crippen molar-refractivity contribution in [2.75, 3.05) is 13.2 Å². The molecule has 0 unspecified atom stereocenters. The normalized spacial score (nSPS) is 17.4. The monoisotopic (exact) mass is 336 g/mol. The number of pyridine rings is 1. The third-order valence-electron chi connectivity index (χ3n) is 3.45. The van der Waals surface area contributed by atoms with Crippen LogP contribution in [-0.4, -0.2) is 35.1 Å². The third-order valence-corrected chi connectivity index (χ3v) is 4.35. The van der Waals surface area contributed by atoms with Gasteiger partial charge in [-0.15, -0.1) is 11.3 Å². The molecule has 1 aliphatic heterocycles. The lowest BCUT2D eigenvalue weighted by molar-refractivity contribution is 0.0986. The number of Topliss-reactive ketones (excluding diaryl/α,β-unsaturated/α-hetero) is 1. The van der Waals surface area contributed by atoms with Gasteiger partial charge in [0.05, 0.1) is 25.3 Å². The molecule has 3 heterocycles. The minimum Gasteiger partial charge on any atom is -0.488 e. The van der Waals surface area contributed by atoms with E-state index in [1.165, 1.54) is 11.3 Å². The second-order valence-corrected chi connectivity index (χ2v) is 6.34. The number of halogens is 1. The molecule has 0 radical (unpaired) electrons. The molecule has 2 aromatic heterocycles. The maximum atomic E-state index is 12.5. The van der Waals surface area contributed by atoms with Crippen LogP contribution >= 0.6 is 11.3 Å². The Morgan fingerprint density at radius 3 is 3.04 bits per heavy atom. The molecule has 1 fully saturated rings. The van der Waals surface area contributed by atoms with Crippen LogP contribution in [0.25, 0.3) is 0 Å². The van der Waals surface area contributed by atoms with Crippen LogP contribution < -0.4 is 4.74 Å². The summed E-state index contributed by atoms with van der Waals surface area (Å²) in [5.41, 5.74) is 1.42. The Kier molecular flexibility index (Phi) is 4.97. The average Bonchev–Trinajstić information content (AvgIpc) is 3.18. The lowest BCUT2D eigenvalue weighted by Gasteiger charge is -2.13. The Morgan fingerprint density at radius 2 is 2.35 bits per heavy atom. The fraction of sp³-hybridized carbons (Fsp3) is 0.438. The van der Waals surface area contributed by atoms with Gasteiger partial charge in [0.25, 0.3) is 0 Å². The van der Waals surface area contributed by atoms with Crippen molar-refractivity contribution in [3.63, 3.8) is 0 Å². The van der Waals surface area contributed by atoms with Crippen molar-refractivity contribution in [2.24, 2.45) is 0 Å². The van der Waals surface area contributed by atoms with E-state index >= 15 is 0 Å². The quantitative estimate of drug-likeness (QED) is 0.759. The molecule has 0 spiro atoms. The first kappa shape index (κ1) is 16.0. The van der Waals surface area contributed by atoms with Gasteiger partial charge in [-0.3, -0.25) is 4.79 Å². The van der Waals surface area contributed by atoms with E-state index in [0.29, 0.717) is 41.1 Å². The molecule has 5 nitrogen and oxygen atoms in total. The fourth-order valence-electron chi connectivity index (χ4n) is 2.37. The fourth-order valence-corrected chi connectivity index (χ4v) is 3.14. The zero-order valence-electron chi connectivity index (χ0n) is 12.8. The van der Waals surface area contributed by atoms with E-state index in [0.717, 1.165) is 6.42 Å². The standard InChI is InChI=1S/C16H17FN2O3S/c1-10-4-13(22-12-2-3-21-8-12)5-14(18-10)15(20)6-16-19-11(7-17)9-23-16/h4-5,9,12H,2-3,6-8H2,1H3/t12-/m1/s1. The molecule has 23 heavy (non-hydrogen) atoms. The van der Waals surface area contributed by atoms with Crippen molar-refractivity contribution in [1.29, 1.82) is 0 Å². The summed E-state index contributed by atoms with van der Waals surface area (Å²) >= 11 is 1.28. The van der Waals surface area contributed by atoms with Crippen LogP contribution in [-0.2, 0) is 17.8 Å². The number of carbonyl (C=O) groups is 1. The molecule has 122 valence electrons. The number of aromatic nitrogens is 2. The number of nitrogens with zero attached hydrogens (tertiary/aromatic N) is 2. The first-order valence-corrected chi connectivity index (χ1v) is 8.27. The summed E-state index contributed by atoms with van der Waals surface area (Å²) in [6.45, 7) is 2.46. The molecule has 1 atom stereocenters. The van der Waals surface area contributed by atoms with Gasteiger partial charge in [-0.25, -0.2) is 14.4 Å². The van der Waals surface area contributed by atoms with Crippen LogP contribution in [0.3, 0.4) is 0 Å². The maximum Gasteiger partial charge on any atom is 0.188 e. The van der Waals surface area contributed by atoms with E-state index in [9.17, 15) is 9.18 Å². The predicted octanol–water partition coefficient (Wildman–Crippen LogP) is 2.91. The van der Waals surface area contributed by atoms with E-state index in [-0.39, 0.29) is 18.3 Å². The number of hydrogen-bond acceptors (Lipinski definition) is 6. The highest BCUT2D eigenvalue weighted by atomic mass is 32.1. The molecular weight excluding hydrogens is 319 g/mol. The highest BCUT2D eigenvalue weighted by molar-refractivity contribution is 7.09. The van der Waals surface area contributed by atoms with E-state index in [1.54, 1.807) is 17.5 Å². The Balaban J connectivity index is 1.72. The minimum absolute atomic E-state index is 0.0193.